The van der Waals surface area contributed by atoms with E-state index in [2.05, 4.69) is 24.9 Å². The van der Waals surface area contributed by atoms with Gasteiger partial charge in [-0.3, -0.25) is 4.79 Å². The minimum atomic E-state index is -0.294. The van der Waals surface area contributed by atoms with Crippen molar-refractivity contribution in [1.82, 2.24) is 15.3 Å². The third-order valence-corrected chi connectivity index (χ3v) is 3.36. The zero-order chi connectivity index (χ0) is 14.6. The topological polar surface area (TPSA) is 99.7 Å². The fraction of sp³-hybridized carbons (Fsp3) is 0.154. The Morgan fingerprint density at radius 3 is 2.76 bits per heavy atom. The van der Waals surface area contributed by atoms with Gasteiger partial charge in [-0.05, 0) is 22.5 Å². The number of carbonyl (C=O) groups is 1. The Kier molecular flexibility index (Phi) is 2.23. The van der Waals surface area contributed by atoms with Crippen molar-refractivity contribution in [3.8, 4) is 5.88 Å². The fourth-order valence-corrected chi connectivity index (χ4v) is 2.42. The second kappa shape index (κ2) is 3.98. The van der Waals surface area contributed by atoms with E-state index in [1.165, 1.54) is 14.2 Å². The summed E-state index contributed by atoms with van der Waals surface area (Å²) in [6.45, 7) is 0. The van der Waals surface area contributed by atoms with Crippen LogP contribution in [0.5, 0.6) is 5.88 Å². The zero-order valence-electron chi connectivity index (χ0n) is 11.1. The predicted molar refractivity (Wildman–Crippen MR) is 71.3 cm³/mol. The van der Waals surface area contributed by atoms with Gasteiger partial charge >= 0.3 is 0 Å². The molecule has 0 spiro atoms. The van der Waals surface area contributed by atoms with Crippen LogP contribution in [0.4, 0.5) is 5.69 Å². The smallest absolute Gasteiger partial charge is 0.246 e. The first-order chi connectivity index (χ1) is 10.2. The number of aliphatic imine (C=N–C) groups is 1. The van der Waals surface area contributed by atoms with Crippen LogP contribution in [0, 0.1) is 0 Å². The highest BCUT2D eigenvalue weighted by molar-refractivity contribution is 6.63. The summed E-state index contributed by atoms with van der Waals surface area (Å²) in [5, 5.41) is 7.47. The lowest BCUT2D eigenvalue weighted by Gasteiger charge is -2.12. The van der Waals surface area contributed by atoms with Crippen LogP contribution in [0.2, 0.25) is 0 Å². The van der Waals surface area contributed by atoms with Gasteiger partial charge < -0.3 is 9.47 Å². The van der Waals surface area contributed by atoms with Crippen molar-refractivity contribution < 1.29 is 18.9 Å². The molecule has 0 amide bonds. The molecule has 0 bridgehead atoms. The number of Topliss-reactive ketones (excluding diaryl/α,β-unsaturated/α-hetero) is 1. The molecule has 0 aromatic carbocycles. The van der Waals surface area contributed by atoms with Crippen molar-refractivity contribution >= 4 is 33.9 Å². The lowest BCUT2D eigenvalue weighted by atomic mass is 9.96. The molecule has 3 heterocycles. The van der Waals surface area contributed by atoms with Crippen LogP contribution in [-0.4, -0.2) is 41.0 Å². The first-order valence-corrected chi connectivity index (χ1v) is 6.05. The molecule has 0 fully saturated rings. The van der Waals surface area contributed by atoms with Crippen molar-refractivity contribution in [2.24, 2.45) is 4.99 Å². The maximum absolute atomic E-state index is 12.3. The normalized spacial score (nSPS) is 16.1. The van der Waals surface area contributed by atoms with Crippen LogP contribution in [0.3, 0.4) is 0 Å². The van der Waals surface area contributed by atoms with Crippen LogP contribution in [-0.2, 0) is 9.53 Å². The lowest BCUT2D eigenvalue weighted by molar-refractivity contribution is -0.112. The van der Waals surface area contributed by atoms with Crippen LogP contribution >= 0.6 is 0 Å². The van der Waals surface area contributed by atoms with Gasteiger partial charge in [0, 0.05) is 5.57 Å². The van der Waals surface area contributed by atoms with E-state index in [1.54, 1.807) is 12.2 Å². The summed E-state index contributed by atoms with van der Waals surface area (Å²) in [6, 6.07) is 0. The van der Waals surface area contributed by atoms with Crippen LogP contribution in [0.15, 0.2) is 27.5 Å². The van der Waals surface area contributed by atoms with Gasteiger partial charge in [-0.25, -0.2) is 9.62 Å². The van der Waals surface area contributed by atoms with E-state index in [0.29, 0.717) is 28.2 Å². The van der Waals surface area contributed by atoms with Crippen LogP contribution in [0.1, 0.15) is 5.56 Å². The number of rotatable bonds is 2. The number of ketones is 1. The highest BCUT2D eigenvalue weighted by atomic mass is 16.6. The van der Waals surface area contributed by atoms with Gasteiger partial charge in [0.05, 0.1) is 19.8 Å². The van der Waals surface area contributed by atoms with Gasteiger partial charge in [0.2, 0.25) is 17.3 Å². The minimum Gasteiger partial charge on any atom is -0.493 e. The number of hydrogen-bond acceptors (Lipinski definition) is 8. The molecule has 0 saturated heterocycles. The van der Waals surface area contributed by atoms with E-state index < -0.39 is 0 Å². The molecule has 104 valence electrons. The molecule has 1 aliphatic heterocycles. The SMILES string of the molecule is COC1=CC=C2C(=Nc3c2c(OC)nc2nonc32)C1=O. The largest absolute Gasteiger partial charge is 0.493 e. The number of hydrogen-bond donors (Lipinski definition) is 0. The van der Waals surface area contributed by atoms with Crippen molar-refractivity contribution in [3.63, 3.8) is 0 Å². The van der Waals surface area contributed by atoms with E-state index in [1.807, 2.05) is 0 Å². The molecule has 8 nitrogen and oxygen atoms in total. The molecule has 2 aromatic heterocycles. The number of fused-ring (bicyclic) bond motifs is 5. The second-order valence-electron chi connectivity index (χ2n) is 4.39. The molecule has 4 rings (SSSR count). The molecule has 0 radical (unpaired) electrons. The first-order valence-electron chi connectivity index (χ1n) is 6.05. The number of methoxy groups -OCH3 is 2. The molecule has 0 N–H and O–H groups in total. The summed E-state index contributed by atoms with van der Waals surface area (Å²) >= 11 is 0. The number of carbonyl (C=O) groups excluding carboxylic acids is 1. The summed E-state index contributed by atoms with van der Waals surface area (Å²) in [6.07, 6.45) is 3.34. The summed E-state index contributed by atoms with van der Waals surface area (Å²) in [5.41, 5.74) is 2.65. The molecule has 1 aliphatic carbocycles. The number of ether oxygens (including phenoxy) is 2. The van der Waals surface area contributed by atoms with Gasteiger partial charge in [-0.1, -0.05) is 0 Å². The lowest BCUT2D eigenvalue weighted by Crippen LogP contribution is -2.19. The first kappa shape index (κ1) is 11.8. The monoisotopic (exact) mass is 284 g/mol. The highest BCUT2D eigenvalue weighted by Crippen LogP contribution is 2.45. The Balaban J connectivity index is 2.05. The Morgan fingerprint density at radius 1 is 1.14 bits per heavy atom. The number of allylic oxidation sites excluding steroid dienone is 4. The average Bonchev–Trinajstić information content (AvgIpc) is 3.10. The average molecular weight is 284 g/mol. The van der Waals surface area contributed by atoms with Crippen LogP contribution in [0.25, 0.3) is 16.7 Å². The maximum atomic E-state index is 12.3. The third-order valence-electron chi connectivity index (χ3n) is 3.36. The summed E-state index contributed by atoms with van der Waals surface area (Å²) in [4.78, 5) is 20.9. The number of aromatic nitrogens is 3. The molecule has 2 aliphatic rings. The van der Waals surface area contributed by atoms with Crippen molar-refractivity contribution in [2.45, 2.75) is 0 Å². The summed E-state index contributed by atoms with van der Waals surface area (Å²) in [7, 11) is 2.93. The molecular formula is C13H8N4O4. The van der Waals surface area contributed by atoms with E-state index >= 15 is 0 Å². The Labute approximate surface area is 117 Å². The number of pyridine rings is 1. The predicted octanol–water partition coefficient (Wildman–Crippen LogP) is 1.21. The summed E-state index contributed by atoms with van der Waals surface area (Å²) < 4.78 is 15.0. The minimum absolute atomic E-state index is 0.228. The van der Waals surface area contributed by atoms with E-state index in [4.69, 9.17) is 9.47 Å². The van der Waals surface area contributed by atoms with Gasteiger partial charge in [0.1, 0.15) is 11.4 Å². The van der Waals surface area contributed by atoms with Crippen molar-refractivity contribution in [1.29, 1.82) is 0 Å². The number of nitrogens with zero attached hydrogens (tertiary/aromatic N) is 4. The standard InChI is InChI=1S/C13H8N4O4/c1-19-6-4-3-5-7-9(14-8(5)11(6)18)10-12(17-21-16-10)15-13(7)20-2/h3-4H,1-2H3. The van der Waals surface area contributed by atoms with E-state index in [9.17, 15) is 4.79 Å². The molecule has 0 unspecified atom stereocenters. The Bertz CT molecular complexity index is 891. The van der Waals surface area contributed by atoms with Crippen molar-refractivity contribution in [3.05, 3.63) is 23.5 Å². The Hall–Kier alpha value is -3.03. The molecule has 21 heavy (non-hydrogen) atoms. The van der Waals surface area contributed by atoms with Gasteiger partial charge in [0.25, 0.3) is 0 Å². The molecule has 0 saturated carbocycles. The summed E-state index contributed by atoms with van der Waals surface area (Å²) in [5.74, 6) is 0.255. The van der Waals surface area contributed by atoms with Gasteiger partial charge in [-0.15, -0.1) is 0 Å². The molecular weight excluding hydrogens is 276 g/mol. The quantitative estimate of drug-likeness (QED) is 0.764. The Morgan fingerprint density at radius 2 is 2.00 bits per heavy atom. The van der Waals surface area contributed by atoms with Gasteiger partial charge in [-0.2, -0.15) is 4.98 Å². The maximum Gasteiger partial charge on any atom is 0.246 e. The van der Waals surface area contributed by atoms with Crippen LogP contribution < -0.4 is 4.74 Å². The fourth-order valence-electron chi connectivity index (χ4n) is 2.42. The third kappa shape index (κ3) is 1.41. The molecule has 2 aromatic rings. The molecule has 0 atom stereocenters. The van der Waals surface area contributed by atoms with Crippen molar-refractivity contribution in [2.75, 3.05) is 14.2 Å². The zero-order valence-corrected chi connectivity index (χ0v) is 11.1. The molecule has 8 heteroatoms. The second-order valence-corrected chi connectivity index (χ2v) is 4.39. The van der Waals surface area contributed by atoms with Gasteiger partial charge in [0.15, 0.2) is 11.3 Å². The van der Waals surface area contributed by atoms with E-state index in [0.717, 1.165) is 0 Å². The highest BCUT2D eigenvalue weighted by Gasteiger charge is 2.36. The van der Waals surface area contributed by atoms with E-state index in [-0.39, 0.29) is 22.9 Å².